The molecule has 0 unspecified atom stereocenters. The maximum absolute atomic E-state index is 12.7. The summed E-state index contributed by atoms with van der Waals surface area (Å²) in [4.78, 5) is 29.3. The number of aromatic nitrogens is 2. The average molecular weight is 404 g/mol. The molecule has 0 N–H and O–H groups in total. The van der Waals surface area contributed by atoms with Gasteiger partial charge in [-0.05, 0) is 49.6 Å². The van der Waals surface area contributed by atoms with Crippen LogP contribution in [-0.4, -0.2) is 32.4 Å². The Bertz CT molecular complexity index is 1100. The number of nitrogens with zero attached hydrogens (tertiary/aromatic N) is 4. The lowest BCUT2D eigenvalue weighted by molar-refractivity contribution is -0.384. The first-order valence-corrected chi connectivity index (χ1v) is 9.65. The van der Waals surface area contributed by atoms with Gasteiger partial charge in [-0.2, -0.15) is 4.98 Å². The molecule has 0 radical (unpaired) electrons. The minimum absolute atomic E-state index is 0.0129. The molecule has 152 valence electrons. The first-order valence-electron chi connectivity index (χ1n) is 9.65. The zero-order valence-corrected chi connectivity index (χ0v) is 16.4. The summed E-state index contributed by atoms with van der Waals surface area (Å²) >= 11 is 0. The lowest BCUT2D eigenvalue weighted by Gasteiger charge is -2.20. The van der Waals surface area contributed by atoms with E-state index in [1.54, 1.807) is 23.1 Å². The monoisotopic (exact) mass is 404 g/mol. The summed E-state index contributed by atoms with van der Waals surface area (Å²) in [6.07, 6.45) is 4.72. The van der Waals surface area contributed by atoms with E-state index in [0.29, 0.717) is 23.8 Å². The van der Waals surface area contributed by atoms with Gasteiger partial charge in [0, 0.05) is 30.3 Å². The maximum atomic E-state index is 12.7. The van der Waals surface area contributed by atoms with E-state index >= 15 is 0 Å². The number of rotatable bonds is 5. The third-order valence-corrected chi connectivity index (χ3v) is 5.06. The number of hydrogen-bond donors (Lipinski definition) is 0. The van der Waals surface area contributed by atoms with E-state index < -0.39 is 4.92 Å². The number of aryl methyl sites for hydroxylation is 1. The molecular formula is C22H20N4O4. The average Bonchev–Trinajstić information content (AvgIpc) is 3.41. The summed E-state index contributed by atoms with van der Waals surface area (Å²) in [5, 5.41) is 14.8. The van der Waals surface area contributed by atoms with Crippen molar-refractivity contribution in [3.63, 3.8) is 0 Å². The number of hydrogen-bond acceptors (Lipinski definition) is 6. The molecule has 8 nitrogen and oxygen atoms in total. The van der Waals surface area contributed by atoms with Gasteiger partial charge in [-0.3, -0.25) is 14.9 Å². The summed E-state index contributed by atoms with van der Waals surface area (Å²) in [6, 6.07) is 13.6. The first-order chi connectivity index (χ1) is 14.5. The Kier molecular flexibility index (Phi) is 5.38. The van der Waals surface area contributed by atoms with Crippen LogP contribution in [0.25, 0.3) is 17.5 Å². The fraction of sp³-hybridized carbons (Fsp3) is 0.227. The molecule has 1 aliphatic heterocycles. The minimum Gasteiger partial charge on any atom is -0.337 e. The van der Waals surface area contributed by atoms with Gasteiger partial charge in [-0.1, -0.05) is 28.9 Å². The quantitative estimate of drug-likeness (QED) is 0.356. The van der Waals surface area contributed by atoms with Gasteiger partial charge >= 0.3 is 0 Å². The number of nitro groups is 1. The zero-order valence-electron chi connectivity index (χ0n) is 16.4. The fourth-order valence-electron chi connectivity index (χ4n) is 3.53. The summed E-state index contributed by atoms with van der Waals surface area (Å²) in [7, 11) is 0. The Hall–Kier alpha value is -3.81. The summed E-state index contributed by atoms with van der Waals surface area (Å²) < 4.78 is 5.48. The van der Waals surface area contributed by atoms with Crippen molar-refractivity contribution in [2.75, 3.05) is 6.54 Å². The van der Waals surface area contributed by atoms with Crippen LogP contribution in [0.3, 0.4) is 0 Å². The molecule has 1 amide bonds. The van der Waals surface area contributed by atoms with Gasteiger partial charge in [0.2, 0.25) is 17.6 Å². The number of amides is 1. The number of carbonyl (C=O) groups excluding carboxylic acids is 1. The van der Waals surface area contributed by atoms with Crippen molar-refractivity contribution in [3.05, 3.63) is 81.7 Å². The highest BCUT2D eigenvalue weighted by Crippen LogP contribution is 2.32. The van der Waals surface area contributed by atoms with Crippen molar-refractivity contribution < 1.29 is 14.2 Å². The van der Waals surface area contributed by atoms with Gasteiger partial charge in [-0.15, -0.1) is 0 Å². The van der Waals surface area contributed by atoms with E-state index in [4.69, 9.17) is 4.52 Å². The Labute approximate surface area is 173 Å². The van der Waals surface area contributed by atoms with Crippen LogP contribution in [0, 0.1) is 17.0 Å². The zero-order chi connectivity index (χ0) is 21.1. The van der Waals surface area contributed by atoms with Crippen LogP contribution in [0.15, 0.2) is 59.1 Å². The van der Waals surface area contributed by atoms with Crippen LogP contribution in [0.1, 0.15) is 35.9 Å². The predicted octanol–water partition coefficient (Wildman–Crippen LogP) is 4.33. The molecule has 1 atom stereocenters. The molecule has 1 aromatic heterocycles. The molecule has 8 heteroatoms. The first kappa shape index (κ1) is 19.5. The Morgan fingerprint density at radius 1 is 1.27 bits per heavy atom. The summed E-state index contributed by atoms with van der Waals surface area (Å²) in [6.45, 7) is 2.61. The number of benzene rings is 2. The van der Waals surface area contributed by atoms with Crippen molar-refractivity contribution in [3.8, 4) is 11.4 Å². The third-order valence-electron chi connectivity index (χ3n) is 5.06. The smallest absolute Gasteiger partial charge is 0.269 e. The van der Waals surface area contributed by atoms with Crippen molar-refractivity contribution in [2.45, 2.75) is 25.8 Å². The number of likely N-dealkylation sites (tertiary alicyclic amines) is 1. The molecule has 2 heterocycles. The Balaban J connectivity index is 1.48. The highest BCUT2D eigenvalue weighted by molar-refractivity contribution is 5.92. The van der Waals surface area contributed by atoms with Crippen LogP contribution in [0.5, 0.6) is 0 Å². The molecule has 4 rings (SSSR count). The van der Waals surface area contributed by atoms with E-state index in [0.717, 1.165) is 24.0 Å². The van der Waals surface area contributed by atoms with Crippen LogP contribution >= 0.6 is 0 Å². The van der Waals surface area contributed by atoms with Gasteiger partial charge in [0.05, 0.1) is 4.92 Å². The van der Waals surface area contributed by atoms with Crippen molar-refractivity contribution in [2.24, 2.45) is 0 Å². The second kappa shape index (κ2) is 8.28. The Morgan fingerprint density at radius 3 is 2.80 bits per heavy atom. The molecule has 0 bridgehead atoms. The second-order valence-electron chi connectivity index (χ2n) is 7.20. The molecular weight excluding hydrogens is 384 g/mol. The number of carbonyl (C=O) groups is 1. The van der Waals surface area contributed by atoms with E-state index in [1.165, 1.54) is 18.2 Å². The standard InChI is InChI=1S/C22H20N4O4/c1-15-4-2-5-17(14-15)21-23-22(30-24-21)19-6-3-13-25(19)20(27)12-9-16-7-10-18(11-8-16)26(28)29/h2,4-5,7-12,14,19H,3,6,13H2,1H3/b12-9+/t19-/m0/s1. The van der Waals surface area contributed by atoms with E-state index in [-0.39, 0.29) is 17.6 Å². The Morgan fingerprint density at radius 2 is 2.07 bits per heavy atom. The largest absolute Gasteiger partial charge is 0.337 e. The predicted molar refractivity (Wildman–Crippen MR) is 110 cm³/mol. The van der Waals surface area contributed by atoms with Gasteiger partial charge in [-0.25, -0.2) is 0 Å². The molecule has 2 aromatic carbocycles. The van der Waals surface area contributed by atoms with E-state index in [1.807, 2.05) is 31.2 Å². The van der Waals surface area contributed by atoms with Gasteiger partial charge in [0.15, 0.2) is 0 Å². The van der Waals surface area contributed by atoms with Crippen molar-refractivity contribution in [1.29, 1.82) is 0 Å². The van der Waals surface area contributed by atoms with Gasteiger partial charge in [0.1, 0.15) is 6.04 Å². The fourth-order valence-corrected chi connectivity index (χ4v) is 3.53. The van der Waals surface area contributed by atoms with Crippen molar-refractivity contribution in [1.82, 2.24) is 15.0 Å². The second-order valence-corrected chi connectivity index (χ2v) is 7.20. The van der Waals surface area contributed by atoms with Crippen molar-refractivity contribution >= 4 is 17.7 Å². The topological polar surface area (TPSA) is 102 Å². The molecule has 0 aliphatic carbocycles. The molecule has 0 spiro atoms. The molecule has 1 fully saturated rings. The molecule has 30 heavy (non-hydrogen) atoms. The highest BCUT2D eigenvalue weighted by Gasteiger charge is 2.33. The lowest BCUT2D eigenvalue weighted by Crippen LogP contribution is -2.29. The molecule has 0 saturated carbocycles. The maximum Gasteiger partial charge on any atom is 0.269 e. The van der Waals surface area contributed by atoms with Crippen LogP contribution in [0.2, 0.25) is 0 Å². The van der Waals surface area contributed by atoms with Gasteiger partial charge < -0.3 is 9.42 Å². The van der Waals surface area contributed by atoms with Gasteiger partial charge in [0.25, 0.3) is 5.69 Å². The van der Waals surface area contributed by atoms with Crippen LogP contribution in [-0.2, 0) is 4.79 Å². The normalized spacial score (nSPS) is 16.3. The van der Waals surface area contributed by atoms with Crippen LogP contribution in [0.4, 0.5) is 5.69 Å². The third kappa shape index (κ3) is 4.12. The number of nitro benzene ring substituents is 1. The van der Waals surface area contributed by atoms with Crippen LogP contribution < -0.4 is 0 Å². The minimum atomic E-state index is -0.455. The molecule has 1 saturated heterocycles. The summed E-state index contributed by atoms with van der Waals surface area (Å²) in [5.74, 6) is 0.779. The number of non-ortho nitro benzene ring substituents is 1. The SMILES string of the molecule is Cc1cccc(-c2noc([C@@H]3CCCN3C(=O)/C=C/c3ccc([N+](=O)[O-])cc3)n2)c1. The lowest BCUT2D eigenvalue weighted by atomic mass is 10.1. The molecule has 1 aliphatic rings. The molecule has 3 aromatic rings. The highest BCUT2D eigenvalue weighted by atomic mass is 16.6. The summed E-state index contributed by atoms with van der Waals surface area (Å²) in [5.41, 5.74) is 2.70. The van der Waals surface area contributed by atoms with E-state index in [9.17, 15) is 14.9 Å². The van der Waals surface area contributed by atoms with E-state index in [2.05, 4.69) is 10.1 Å².